The van der Waals surface area contributed by atoms with Crippen LogP contribution in [0.15, 0.2) is 12.1 Å². The van der Waals surface area contributed by atoms with E-state index in [4.69, 9.17) is 5.11 Å². The second-order valence-corrected chi connectivity index (χ2v) is 5.10. The first-order valence-corrected chi connectivity index (χ1v) is 6.03. The Morgan fingerprint density at radius 2 is 1.94 bits per heavy atom. The molecule has 2 N–H and O–H groups in total. The molecule has 2 atom stereocenters. The molecule has 1 aliphatic carbocycles. The average molecular weight is 233 g/mol. The summed E-state index contributed by atoms with van der Waals surface area (Å²) in [6.45, 7) is 7.03. The van der Waals surface area contributed by atoms with Crippen molar-refractivity contribution in [2.24, 2.45) is 11.8 Å². The lowest BCUT2D eigenvalue weighted by Gasteiger charge is -2.13. The maximum Gasteiger partial charge on any atom is 0.306 e. The minimum Gasteiger partial charge on any atom is -0.481 e. The van der Waals surface area contributed by atoms with Crippen LogP contribution in [0, 0.1) is 32.6 Å². The van der Waals surface area contributed by atoms with Crippen LogP contribution >= 0.6 is 0 Å². The molecule has 92 valence electrons. The Kier molecular flexibility index (Phi) is 3.09. The van der Waals surface area contributed by atoms with Gasteiger partial charge in [0.05, 0.1) is 5.92 Å². The van der Waals surface area contributed by atoms with Crippen LogP contribution in [0.25, 0.3) is 0 Å². The molecule has 1 aromatic rings. The molecule has 2 rings (SSSR count). The van der Waals surface area contributed by atoms with Crippen molar-refractivity contribution in [2.75, 3.05) is 11.9 Å². The van der Waals surface area contributed by atoms with Crippen LogP contribution < -0.4 is 5.32 Å². The molecule has 0 aromatic heterocycles. The molecule has 17 heavy (non-hydrogen) atoms. The zero-order valence-corrected chi connectivity index (χ0v) is 10.6. The third kappa shape index (κ3) is 2.60. The largest absolute Gasteiger partial charge is 0.481 e. The van der Waals surface area contributed by atoms with Gasteiger partial charge in [-0.1, -0.05) is 17.7 Å². The van der Waals surface area contributed by atoms with Gasteiger partial charge in [0.2, 0.25) is 0 Å². The van der Waals surface area contributed by atoms with Gasteiger partial charge in [-0.05, 0) is 44.2 Å². The van der Waals surface area contributed by atoms with Crippen molar-refractivity contribution in [3.05, 3.63) is 28.8 Å². The third-order valence-electron chi connectivity index (χ3n) is 3.46. The molecule has 3 nitrogen and oxygen atoms in total. The molecule has 3 heteroatoms. The van der Waals surface area contributed by atoms with E-state index in [2.05, 4.69) is 38.2 Å². The Labute approximate surface area is 102 Å². The van der Waals surface area contributed by atoms with E-state index < -0.39 is 5.97 Å². The predicted octanol–water partition coefficient (Wildman–Crippen LogP) is 2.74. The predicted molar refractivity (Wildman–Crippen MR) is 68.4 cm³/mol. The van der Waals surface area contributed by atoms with Crippen molar-refractivity contribution < 1.29 is 9.90 Å². The zero-order chi connectivity index (χ0) is 12.6. The summed E-state index contributed by atoms with van der Waals surface area (Å²) < 4.78 is 0. The first kappa shape index (κ1) is 12.0. The lowest BCUT2D eigenvalue weighted by Crippen LogP contribution is -2.10. The van der Waals surface area contributed by atoms with Crippen molar-refractivity contribution in [3.63, 3.8) is 0 Å². The SMILES string of the molecule is Cc1cc(C)c(NCC2CC2C(=O)O)c(C)c1. The summed E-state index contributed by atoms with van der Waals surface area (Å²) >= 11 is 0. The normalized spacial score (nSPS) is 22.3. The lowest BCUT2D eigenvalue weighted by molar-refractivity contribution is -0.138. The quantitative estimate of drug-likeness (QED) is 0.840. The maximum absolute atomic E-state index is 10.7. The molecule has 1 saturated carbocycles. The number of nitrogens with one attached hydrogen (secondary N) is 1. The molecule has 1 aliphatic rings. The Morgan fingerprint density at radius 1 is 1.35 bits per heavy atom. The third-order valence-corrected chi connectivity index (χ3v) is 3.46. The minimum absolute atomic E-state index is 0.131. The van der Waals surface area contributed by atoms with Gasteiger partial charge >= 0.3 is 5.97 Å². The summed E-state index contributed by atoms with van der Waals surface area (Å²) in [7, 11) is 0. The molecular weight excluding hydrogens is 214 g/mol. The molecule has 2 unspecified atom stereocenters. The van der Waals surface area contributed by atoms with Crippen LogP contribution in [0.2, 0.25) is 0 Å². The van der Waals surface area contributed by atoms with E-state index in [-0.39, 0.29) is 5.92 Å². The number of carbonyl (C=O) groups is 1. The minimum atomic E-state index is -0.658. The molecule has 1 aromatic carbocycles. The fourth-order valence-electron chi connectivity index (χ4n) is 2.47. The van der Waals surface area contributed by atoms with Gasteiger partial charge in [-0.25, -0.2) is 0 Å². The van der Waals surface area contributed by atoms with Gasteiger partial charge in [0.25, 0.3) is 0 Å². The monoisotopic (exact) mass is 233 g/mol. The topological polar surface area (TPSA) is 49.3 Å². The van der Waals surface area contributed by atoms with Gasteiger partial charge in [-0.15, -0.1) is 0 Å². The van der Waals surface area contributed by atoms with Gasteiger partial charge in [-0.2, -0.15) is 0 Å². The number of benzene rings is 1. The van der Waals surface area contributed by atoms with Gasteiger partial charge in [0.1, 0.15) is 0 Å². The number of aryl methyl sites for hydroxylation is 3. The molecule has 0 spiro atoms. The van der Waals surface area contributed by atoms with Crippen LogP contribution in [-0.2, 0) is 4.79 Å². The number of hydrogen-bond donors (Lipinski definition) is 2. The number of carboxylic acid groups (broad SMARTS) is 1. The number of rotatable bonds is 4. The van der Waals surface area contributed by atoms with E-state index in [1.165, 1.54) is 16.7 Å². The van der Waals surface area contributed by atoms with E-state index in [0.29, 0.717) is 5.92 Å². The molecule has 0 heterocycles. The van der Waals surface area contributed by atoms with E-state index in [9.17, 15) is 4.79 Å². The first-order valence-electron chi connectivity index (χ1n) is 6.03. The lowest BCUT2D eigenvalue weighted by atomic mass is 10.0. The first-order chi connectivity index (χ1) is 7.99. The highest BCUT2D eigenvalue weighted by Gasteiger charge is 2.42. The highest BCUT2D eigenvalue weighted by Crippen LogP contribution is 2.39. The van der Waals surface area contributed by atoms with E-state index >= 15 is 0 Å². The summed E-state index contributed by atoms with van der Waals surface area (Å²) in [5, 5.41) is 12.2. The maximum atomic E-state index is 10.7. The fourth-order valence-corrected chi connectivity index (χ4v) is 2.47. The number of aliphatic carboxylic acids is 1. The summed E-state index contributed by atoms with van der Waals surface area (Å²) in [6, 6.07) is 4.30. The van der Waals surface area contributed by atoms with Crippen molar-refractivity contribution in [3.8, 4) is 0 Å². The molecule has 0 aliphatic heterocycles. The molecule has 0 radical (unpaired) electrons. The molecule has 1 fully saturated rings. The number of hydrogen-bond acceptors (Lipinski definition) is 2. The molecule has 0 bridgehead atoms. The van der Waals surface area contributed by atoms with Crippen molar-refractivity contribution in [2.45, 2.75) is 27.2 Å². The summed E-state index contributed by atoms with van der Waals surface area (Å²) in [4.78, 5) is 10.7. The van der Waals surface area contributed by atoms with Gasteiger partial charge in [0.15, 0.2) is 0 Å². The van der Waals surface area contributed by atoms with Crippen LogP contribution in [0.1, 0.15) is 23.1 Å². The van der Waals surface area contributed by atoms with Gasteiger partial charge in [0, 0.05) is 12.2 Å². The second-order valence-electron chi connectivity index (χ2n) is 5.10. The summed E-state index contributed by atoms with van der Waals surface area (Å²) in [5.74, 6) is -0.490. The Morgan fingerprint density at radius 3 is 2.41 bits per heavy atom. The van der Waals surface area contributed by atoms with Crippen LogP contribution in [-0.4, -0.2) is 17.6 Å². The fraction of sp³-hybridized carbons (Fsp3) is 0.500. The van der Waals surface area contributed by atoms with E-state index in [1.807, 2.05) is 0 Å². The summed E-state index contributed by atoms with van der Waals surface area (Å²) in [6.07, 6.45) is 0.812. The van der Waals surface area contributed by atoms with Crippen molar-refractivity contribution in [1.82, 2.24) is 0 Å². The number of carboxylic acids is 1. The van der Waals surface area contributed by atoms with Gasteiger partial charge in [-0.3, -0.25) is 4.79 Å². The number of anilines is 1. The van der Waals surface area contributed by atoms with E-state index in [0.717, 1.165) is 18.7 Å². The smallest absolute Gasteiger partial charge is 0.306 e. The Balaban J connectivity index is 1.98. The average Bonchev–Trinajstić information content (AvgIpc) is 2.95. The Hall–Kier alpha value is -1.51. The van der Waals surface area contributed by atoms with Crippen LogP contribution in [0.4, 0.5) is 5.69 Å². The highest BCUT2D eigenvalue weighted by atomic mass is 16.4. The van der Waals surface area contributed by atoms with Crippen molar-refractivity contribution >= 4 is 11.7 Å². The Bertz CT molecular complexity index is 431. The van der Waals surface area contributed by atoms with Crippen molar-refractivity contribution in [1.29, 1.82) is 0 Å². The molecule has 0 saturated heterocycles. The van der Waals surface area contributed by atoms with Crippen LogP contribution in [0.3, 0.4) is 0 Å². The molecule has 0 amide bonds. The van der Waals surface area contributed by atoms with Crippen LogP contribution in [0.5, 0.6) is 0 Å². The molecular formula is C14H19NO2. The van der Waals surface area contributed by atoms with Gasteiger partial charge < -0.3 is 10.4 Å². The summed E-state index contributed by atoms with van der Waals surface area (Å²) in [5.41, 5.74) is 4.89. The highest BCUT2D eigenvalue weighted by molar-refractivity contribution is 5.73. The second kappa shape index (κ2) is 4.40. The zero-order valence-electron chi connectivity index (χ0n) is 10.6. The standard InChI is InChI=1S/C14H19NO2/c1-8-4-9(2)13(10(3)5-8)15-7-11-6-12(11)14(16)17/h4-5,11-12,15H,6-7H2,1-3H3,(H,16,17). The van der Waals surface area contributed by atoms with E-state index in [1.54, 1.807) is 0 Å².